The molecule has 0 aliphatic carbocycles. The number of hydrogen-bond donors (Lipinski definition) is 2. The van der Waals surface area contributed by atoms with Gasteiger partial charge in [-0.3, -0.25) is 14.2 Å². The molecule has 0 unspecified atom stereocenters. The van der Waals surface area contributed by atoms with E-state index in [0.717, 1.165) is 10.0 Å². The summed E-state index contributed by atoms with van der Waals surface area (Å²) in [4.78, 5) is 30.3. The van der Waals surface area contributed by atoms with Crippen LogP contribution in [-0.2, 0) is 24.3 Å². The van der Waals surface area contributed by atoms with Gasteiger partial charge in [-0.25, -0.2) is 4.98 Å². The fraction of sp³-hybridized carbons (Fsp3) is 0.227. The molecule has 0 atom stereocenters. The van der Waals surface area contributed by atoms with Crippen molar-refractivity contribution in [3.8, 4) is 11.4 Å². The highest BCUT2D eigenvalue weighted by atomic mass is 79.9. The Balaban J connectivity index is 1.92. The Bertz CT molecular complexity index is 1110. The molecule has 8 heteroatoms. The fourth-order valence-electron chi connectivity index (χ4n) is 3.11. The number of carbonyl (C=O) groups is 1. The maximum Gasteiger partial charge on any atom is 0.257 e. The minimum atomic E-state index is -0.334. The Morgan fingerprint density at radius 1 is 1.23 bits per heavy atom. The van der Waals surface area contributed by atoms with Crippen LogP contribution in [0.15, 0.2) is 57.8 Å². The molecule has 1 heterocycles. The summed E-state index contributed by atoms with van der Waals surface area (Å²) in [5, 5.41) is 12.7. The molecule has 1 aromatic heterocycles. The molecule has 3 aromatic rings. The van der Waals surface area contributed by atoms with Crippen molar-refractivity contribution in [2.45, 2.75) is 26.4 Å². The number of halogens is 2. The van der Waals surface area contributed by atoms with Crippen molar-refractivity contribution in [2.75, 3.05) is 6.61 Å². The van der Waals surface area contributed by atoms with Gasteiger partial charge in [-0.15, -0.1) is 0 Å². The van der Waals surface area contributed by atoms with Crippen LogP contribution in [0.25, 0.3) is 11.4 Å². The van der Waals surface area contributed by atoms with Crippen LogP contribution >= 0.6 is 27.5 Å². The molecule has 2 aromatic carbocycles. The molecule has 0 aliphatic rings. The summed E-state index contributed by atoms with van der Waals surface area (Å²) in [5.74, 6) is 0.0707. The van der Waals surface area contributed by atoms with Gasteiger partial charge in [-0.2, -0.15) is 0 Å². The second-order valence-electron chi connectivity index (χ2n) is 6.78. The number of nitrogens with zero attached hydrogens (tertiary/aromatic N) is 2. The van der Waals surface area contributed by atoms with Crippen molar-refractivity contribution in [1.29, 1.82) is 0 Å². The van der Waals surface area contributed by atoms with Crippen LogP contribution in [0.3, 0.4) is 0 Å². The lowest BCUT2D eigenvalue weighted by molar-refractivity contribution is -0.121. The zero-order valence-corrected chi connectivity index (χ0v) is 18.7. The summed E-state index contributed by atoms with van der Waals surface area (Å²) in [7, 11) is 0. The molecule has 0 bridgehead atoms. The molecule has 6 nitrogen and oxygen atoms in total. The van der Waals surface area contributed by atoms with Crippen LogP contribution < -0.4 is 10.9 Å². The third-order valence-electron chi connectivity index (χ3n) is 4.61. The fourth-order valence-corrected chi connectivity index (χ4v) is 3.69. The Labute approximate surface area is 187 Å². The molecule has 156 valence electrons. The predicted molar refractivity (Wildman–Crippen MR) is 120 cm³/mol. The van der Waals surface area contributed by atoms with Crippen molar-refractivity contribution in [3.05, 3.63) is 85.2 Å². The summed E-state index contributed by atoms with van der Waals surface area (Å²) >= 11 is 9.38. The zero-order valence-electron chi connectivity index (χ0n) is 16.4. The van der Waals surface area contributed by atoms with Gasteiger partial charge in [-0.1, -0.05) is 39.7 Å². The Morgan fingerprint density at radius 3 is 2.63 bits per heavy atom. The smallest absolute Gasteiger partial charge is 0.257 e. The molecule has 3 rings (SSSR count). The average molecular weight is 491 g/mol. The number of aromatic nitrogens is 2. The van der Waals surface area contributed by atoms with Crippen LogP contribution in [0.2, 0.25) is 5.02 Å². The first-order valence-electron chi connectivity index (χ1n) is 9.37. The second-order valence-corrected chi connectivity index (χ2v) is 8.13. The normalized spacial score (nSPS) is 10.8. The predicted octanol–water partition coefficient (Wildman–Crippen LogP) is 3.49. The maximum atomic E-state index is 13.1. The maximum absolute atomic E-state index is 13.1. The largest absolute Gasteiger partial charge is 0.396 e. The quantitative estimate of drug-likeness (QED) is 0.531. The van der Waals surface area contributed by atoms with E-state index in [2.05, 4.69) is 26.2 Å². The van der Waals surface area contributed by atoms with Crippen LogP contribution in [0.4, 0.5) is 0 Å². The van der Waals surface area contributed by atoms with Crippen LogP contribution in [0.5, 0.6) is 0 Å². The molecule has 0 fully saturated rings. The number of hydrogen-bond acceptors (Lipinski definition) is 4. The van der Waals surface area contributed by atoms with E-state index >= 15 is 0 Å². The number of nitrogens with one attached hydrogen (secondary N) is 1. The number of carbonyl (C=O) groups excluding carboxylic acids is 1. The third kappa shape index (κ3) is 5.36. The lowest BCUT2D eigenvalue weighted by atomic mass is 10.1. The van der Waals surface area contributed by atoms with Crippen LogP contribution in [0.1, 0.15) is 16.8 Å². The van der Waals surface area contributed by atoms with E-state index in [-0.39, 0.29) is 31.0 Å². The zero-order chi connectivity index (χ0) is 21.7. The summed E-state index contributed by atoms with van der Waals surface area (Å²) in [6.45, 7) is 1.71. The van der Waals surface area contributed by atoms with E-state index in [0.29, 0.717) is 34.2 Å². The van der Waals surface area contributed by atoms with E-state index in [1.165, 1.54) is 4.57 Å². The highest BCUT2D eigenvalue weighted by Gasteiger charge is 2.17. The summed E-state index contributed by atoms with van der Waals surface area (Å²) < 4.78 is 2.27. The van der Waals surface area contributed by atoms with E-state index in [1.54, 1.807) is 31.2 Å². The Morgan fingerprint density at radius 2 is 1.97 bits per heavy atom. The molecule has 0 saturated heterocycles. The molecule has 0 radical (unpaired) electrons. The van der Waals surface area contributed by atoms with Crippen molar-refractivity contribution >= 4 is 33.4 Å². The molecule has 0 saturated carbocycles. The van der Waals surface area contributed by atoms with E-state index < -0.39 is 0 Å². The lowest BCUT2D eigenvalue weighted by Gasteiger charge is -2.16. The number of aryl methyl sites for hydroxylation is 1. The molecule has 0 spiro atoms. The Kier molecular flexibility index (Phi) is 7.42. The molecule has 0 aliphatic heterocycles. The van der Waals surface area contributed by atoms with E-state index in [9.17, 15) is 14.7 Å². The number of aliphatic hydroxyl groups is 1. The minimum Gasteiger partial charge on any atom is -0.396 e. The highest BCUT2D eigenvalue weighted by molar-refractivity contribution is 9.10. The van der Waals surface area contributed by atoms with Gasteiger partial charge in [0.25, 0.3) is 5.56 Å². The minimum absolute atomic E-state index is 0.173. The monoisotopic (exact) mass is 489 g/mol. The first-order valence-corrected chi connectivity index (χ1v) is 10.5. The van der Waals surface area contributed by atoms with Gasteiger partial charge in [0.15, 0.2) is 0 Å². The average Bonchev–Trinajstić information content (AvgIpc) is 2.72. The first-order chi connectivity index (χ1) is 14.4. The van der Waals surface area contributed by atoms with Gasteiger partial charge < -0.3 is 10.4 Å². The SMILES string of the molecule is Cc1nc(-c2ccc(Cl)cc2)n(CC(=O)NCc2cccc(Br)c2)c(=O)c1CCO. The standard InChI is InChI=1S/C22H21BrClN3O3/c1-14-19(9-10-28)22(30)27(21(26-14)16-5-7-18(24)8-6-16)13-20(29)25-12-15-3-2-4-17(23)11-15/h2-8,11,28H,9-10,12-13H2,1H3,(H,25,29). The number of benzene rings is 2. The molecule has 2 N–H and O–H groups in total. The van der Waals surface area contributed by atoms with Crippen LogP contribution in [0, 0.1) is 6.92 Å². The van der Waals surface area contributed by atoms with Gasteiger partial charge in [0.2, 0.25) is 5.91 Å². The topological polar surface area (TPSA) is 84.2 Å². The van der Waals surface area contributed by atoms with Gasteiger partial charge in [0.1, 0.15) is 12.4 Å². The van der Waals surface area contributed by atoms with Gasteiger partial charge >= 0.3 is 0 Å². The third-order valence-corrected chi connectivity index (χ3v) is 5.36. The first kappa shape index (κ1) is 22.2. The van der Waals surface area contributed by atoms with Gasteiger partial charge in [0, 0.05) is 45.9 Å². The Hall–Kier alpha value is -2.48. The van der Waals surface area contributed by atoms with E-state index in [4.69, 9.17) is 11.6 Å². The van der Waals surface area contributed by atoms with Crippen molar-refractivity contribution in [1.82, 2.24) is 14.9 Å². The number of rotatable bonds is 7. The van der Waals surface area contributed by atoms with E-state index in [1.807, 2.05) is 24.3 Å². The second kappa shape index (κ2) is 10.0. The summed E-state index contributed by atoms with van der Waals surface area (Å²) in [5.41, 5.74) is 2.21. The molecule has 1 amide bonds. The van der Waals surface area contributed by atoms with Gasteiger partial charge in [0.05, 0.1) is 0 Å². The summed E-state index contributed by atoms with van der Waals surface area (Å²) in [6.07, 6.45) is 0.179. The van der Waals surface area contributed by atoms with Crippen LogP contribution in [-0.4, -0.2) is 27.2 Å². The van der Waals surface area contributed by atoms with Crippen molar-refractivity contribution in [2.24, 2.45) is 0 Å². The number of aliphatic hydroxyl groups excluding tert-OH is 1. The van der Waals surface area contributed by atoms with Crippen molar-refractivity contribution in [3.63, 3.8) is 0 Å². The number of amides is 1. The van der Waals surface area contributed by atoms with Gasteiger partial charge in [-0.05, 0) is 48.9 Å². The summed E-state index contributed by atoms with van der Waals surface area (Å²) in [6, 6.07) is 14.5. The van der Waals surface area contributed by atoms with Crippen molar-refractivity contribution < 1.29 is 9.90 Å². The molecular weight excluding hydrogens is 470 g/mol. The highest BCUT2D eigenvalue weighted by Crippen LogP contribution is 2.20. The molecular formula is C22H21BrClN3O3. The molecule has 30 heavy (non-hydrogen) atoms. The lowest BCUT2D eigenvalue weighted by Crippen LogP contribution is -2.35.